The van der Waals surface area contributed by atoms with Crippen LogP contribution in [-0.4, -0.2) is 51.8 Å². The summed E-state index contributed by atoms with van der Waals surface area (Å²) in [6.07, 6.45) is 5.09. The van der Waals surface area contributed by atoms with Crippen LogP contribution in [0.1, 0.15) is 31.9 Å². The maximum atomic E-state index is 4.58. The van der Waals surface area contributed by atoms with Crippen LogP contribution in [0.3, 0.4) is 0 Å². The van der Waals surface area contributed by atoms with E-state index in [1.165, 1.54) is 16.7 Å². The fourth-order valence-electron chi connectivity index (χ4n) is 3.42. The van der Waals surface area contributed by atoms with E-state index in [-0.39, 0.29) is 0 Å². The summed E-state index contributed by atoms with van der Waals surface area (Å²) in [5, 5.41) is 0. The largest absolute Gasteiger partial charge is 0.338 e. The third-order valence-corrected chi connectivity index (χ3v) is 7.04. The van der Waals surface area contributed by atoms with Crippen LogP contribution in [0.5, 0.6) is 0 Å². The molecule has 3 heterocycles. The Bertz CT molecular complexity index is 871. The van der Waals surface area contributed by atoms with Gasteiger partial charge in [0.05, 0.1) is 15.7 Å². The lowest BCUT2D eigenvalue weighted by molar-refractivity contribution is 0.198. The third kappa shape index (κ3) is 4.25. The fraction of sp³-hybridized carbons (Fsp3) is 0.450. The van der Waals surface area contributed by atoms with Crippen LogP contribution >= 0.6 is 23.1 Å². The molecule has 0 amide bonds. The number of anilines is 1. The van der Waals surface area contributed by atoms with Crippen molar-refractivity contribution >= 4 is 39.3 Å². The first kappa shape index (κ1) is 18.7. The molecule has 0 radical (unpaired) electrons. The maximum Gasteiger partial charge on any atom is 0.225 e. The summed E-state index contributed by atoms with van der Waals surface area (Å²) in [5.41, 5.74) is 4.37. The highest BCUT2D eigenvalue weighted by Gasteiger charge is 2.23. The zero-order valence-electron chi connectivity index (χ0n) is 15.8. The minimum atomic E-state index is 0.395. The zero-order valence-corrected chi connectivity index (χ0v) is 17.5. The predicted molar refractivity (Wildman–Crippen MR) is 115 cm³/mol. The normalized spacial score (nSPS) is 16.7. The Hall–Kier alpha value is -1.70. The molecule has 27 heavy (non-hydrogen) atoms. The van der Waals surface area contributed by atoms with E-state index in [0.29, 0.717) is 6.04 Å². The smallest absolute Gasteiger partial charge is 0.225 e. The van der Waals surface area contributed by atoms with Gasteiger partial charge >= 0.3 is 0 Å². The predicted octanol–water partition coefficient (Wildman–Crippen LogP) is 4.47. The highest BCUT2D eigenvalue weighted by atomic mass is 32.2. The van der Waals surface area contributed by atoms with Gasteiger partial charge in [-0.05, 0) is 36.8 Å². The number of hydrogen-bond acceptors (Lipinski definition) is 7. The molecule has 1 unspecified atom stereocenters. The molecule has 1 aromatic carbocycles. The SMILES string of the molecule is CCCSc1cnc(N2CCN(C(C)c3ccc4scnc4c3)CC2)nc1. The number of thiazole rings is 1. The molecule has 1 aliphatic heterocycles. The molecular formula is C20H25N5S2. The van der Waals surface area contributed by atoms with Crippen molar-refractivity contribution in [3.63, 3.8) is 0 Å². The summed E-state index contributed by atoms with van der Waals surface area (Å²) in [5.74, 6) is 1.97. The van der Waals surface area contributed by atoms with Gasteiger partial charge in [0.25, 0.3) is 0 Å². The summed E-state index contributed by atoms with van der Waals surface area (Å²) in [6.45, 7) is 8.45. The zero-order chi connectivity index (χ0) is 18.6. The summed E-state index contributed by atoms with van der Waals surface area (Å²) in [6, 6.07) is 7.07. The highest BCUT2D eigenvalue weighted by molar-refractivity contribution is 7.99. The molecule has 142 valence electrons. The van der Waals surface area contributed by atoms with Crippen molar-refractivity contribution in [3.8, 4) is 0 Å². The fourth-order valence-corrected chi connectivity index (χ4v) is 4.78. The Morgan fingerprint density at radius 2 is 1.89 bits per heavy atom. The van der Waals surface area contributed by atoms with Crippen LogP contribution in [0.4, 0.5) is 5.95 Å². The quantitative estimate of drug-likeness (QED) is 0.570. The first-order chi connectivity index (χ1) is 13.2. The molecule has 0 aliphatic carbocycles. The van der Waals surface area contributed by atoms with Crippen molar-refractivity contribution in [2.45, 2.75) is 31.2 Å². The second kappa shape index (κ2) is 8.54. The lowest BCUT2D eigenvalue weighted by atomic mass is 10.1. The Labute approximate surface area is 168 Å². The molecule has 1 aliphatic rings. The summed E-state index contributed by atoms with van der Waals surface area (Å²) < 4.78 is 1.26. The third-order valence-electron chi connectivity index (χ3n) is 5.07. The standard InChI is InChI=1S/C20H25N5S2/c1-3-10-26-17-12-21-20(22-13-17)25-8-6-24(7-9-25)15(2)16-4-5-19-18(11-16)23-14-27-19/h4-5,11-15H,3,6-10H2,1-2H3. The number of hydrogen-bond donors (Lipinski definition) is 0. The molecule has 3 aromatic rings. The highest BCUT2D eigenvalue weighted by Crippen LogP contribution is 2.27. The van der Waals surface area contributed by atoms with Gasteiger partial charge in [0.2, 0.25) is 5.95 Å². The van der Waals surface area contributed by atoms with E-state index in [1.807, 2.05) is 29.7 Å². The molecule has 1 atom stereocenters. The molecule has 2 aromatic heterocycles. The molecular weight excluding hydrogens is 374 g/mol. The van der Waals surface area contributed by atoms with Gasteiger partial charge in [0.15, 0.2) is 0 Å². The number of nitrogens with zero attached hydrogens (tertiary/aromatic N) is 5. The van der Waals surface area contributed by atoms with Crippen molar-refractivity contribution in [1.29, 1.82) is 0 Å². The average Bonchev–Trinajstić information content (AvgIpc) is 3.20. The maximum absolute atomic E-state index is 4.58. The van der Waals surface area contributed by atoms with Gasteiger partial charge in [-0.25, -0.2) is 15.0 Å². The number of thioether (sulfide) groups is 1. The van der Waals surface area contributed by atoms with Crippen molar-refractivity contribution in [2.75, 3.05) is 36.8 Å². The number of rotatable bonds is 6. The van der Waals surface area contributed by atoms with E-state index in [9.17, 15) is 0 Å². The molecule has 7 heteroatoms. The van der Waals surface area contributed by atoms with Crippen LogP contribution in [0.2, 0.25) is 0 Å². The Balaban J connectivity index is 1.36. The van der Waals surface area contributed by atoms with Gasteiger partial charge in [-0.3, -0.25) is 4.90 Å². The van der Waals surface area contributed by atoms with Gasteiger partial charge in [-0.2, -0.15) is 0 Å². The van der Waals surface area contributed by atoms with Crippen LogP contribution in [0.25, 0.3) is 10.2 Å². The lowest BCUT2D eigenvalue weighted by Crippen LogP contribution is -2.47. The lowest BCUT2D eigenvalue weighted by Gasteiger charge is -2.38. The number of benzene rings is 1. The van der Waals surface area contributed by atoms with Crippen LogP contribution in [0, 0.1) is 0 Å². The molecule has 1 saturated heterocycles. The minimum Gasteiger partial charge on any atom is -0.338 e. The van der Waals surface area contributed by atoms with E-state index < -0.39 is 0 Å². The molecule has 0 N–H and O–H groups in total. The molecule has 0 saturated carbocycles. The van der Waals surface area contributed by atoms with E-state index in [2.05, 4.69) is 56.8 Å². The van der Waals surface area contributed by atoms with Gasteiger partial charge < -0.3 is 4.90 Å². The Kier molecular flexibility index (Phi) is 5.90. The van der Waals surface area contributed by atoms with Gasteiger partial charge in [0.1, 0.15) is 0 Å². The molecule has 1 fully saturated rings. The average molecular weight is 400 g/mol. The molecule has 0 bridgehead atoms. The Morgan fingerprint density at radius 1 is 1.11 bits per heavy atom. The summed E-state index contributed by atoms with van der Waals surface area (Å²) in [7, 11) is 0. The monoisotopic (exact) mass is 399 g/mol. The molecule has 4 rings (SSSR count). The van der Waals surface area contributed by atoms with Crippen LogP contribution in [0.15, 0.2) is 41.0 Å². The van der Waals surface area contributed by atoms with Crippen LogP contribution < -0.4 is 4.90 Å². The van der Waals surface area contributed by atoms with Gasteiger partial charge in [0, 0.05) is 49.5 Å². The van der Waals surface area contributed by atoms with E-state index in [1.54, 1.807) is 11.3 Å². The second-order valence-electron chi connectivity index (χ2n) is 6.85. The van der Waals surface area contributed by atoms with Gasteiger partial charge in [-0.15, -0.1) is 23.1 Å². The van der Waals surface area contributed by atoms with Crippen molar-refractivity contribution in [1.82, 2.24) is 19.9 Å². The van der Waals surface area contributed by atoms with E-state index in [4.69, 9.17) is 0 Å². The molecule has 0 spiro atoms. The second-order valence-corrected chi connectivity index (χ2v) is 8.90. The minimum absolute atomic E-state index is 0.395. The van der Waals surface area contributed by atoms with Crippen molar-refractivity contribution in [2.24, 2.45) is 0 Å². The van der Waals surface area contributed by atoms with Crippen molar-refractivity contribution in [3.05, 3.63) is 41.7 Å². The van der Waals surface area contributed by atoms with Crippen LogP contribution in [-0.2, 0) is 0 Å². The van der Waals surface area contributed by atoms with Gasteiger partial charge in [-0.1, -0.05) is 13.0 Å². The Morgan fingerprint density at radius 3 is 2.63 bits per heavy atom. The van der Waals surface area contributed by atoms with E-state index >= 15 is 0 Å². The number of aromatic nitrogens is 3. The molecule has 5 nitrogen and oxygen atoms in total. The summed E-state index contributed by atoms with van der Waals surface area (Å²) in [4.78, 5) is 19.6. The first-order valence-corrected chi connectivity index (χ1v) is 11.4. The summed E-state index contributed by atoms with van der Waals surface area (Å²) >= 11 is 3.52. The van der Waals surface area contributed by atoms with E-state index in [0.717, 1.165) is 48.3 Å². The first-order valence-electron chi connectivity index (χ1n) is 9.51. The topological polar surface area (TPSA) is 45.2 Å². The van der Waals surface area contributed by atoms with Crippen molar-refractivity contribution < 1.29 is 0 Å². The number of piperazine rings is 1. The number of fused-ring (bicyclic) bond motifs is 1.